The summed E-state index contributed by atoms with van der Waals surface area (Å²) in [6, 6.07) is 0. The molecule has 0 atom stereocenters. The number of rotatable bonds is 5. The Labute approximate surface area is 95.8 Å². The third-order valence-corrected chi connectivity index (χ3v) is 3.35. The van der Waals surface area contributed by atoms with Crippen molar-refractivity contribution in [1.82, 2.24) is 9.78 Å². The van der Waals surface area contributed by atoms with Gasteiger partial charge in [-0.05, 0) is 31.2 Å². The maximum absolute atomic E-state index is 11.7. The van der Waals surface area contributed by atoms with E-state index >= 15 is 0 Å². The van der Waals surface area contributed by atoms with E-state index in [1.807, 2.05) is 19.4 Å². The SMILES string of the molecule is Cn1cc(CCC(=O)CC2(N)CCC2)cn1. The van der Waals surface area contributed by atoms with Crippen molar-refractivity contribution < 1.29 is 4.79 Å². The molecule has 1 aromatic rings. The first kappa shape index (κ1) is 11.3. The molecule has 16 heavy (non-hydrogen) atoms. The number of nitrogens with zero attached hydrogens (tertiary/aromatic N) is 2. The molecule has 0 spiro atoms. The minimum Gasteiger partial charge on any atom is -0.325 e. The van der Waals surface area contributed by atoms with E-state index in [4.69, 9.17) is 5.73 Å². The lowest BCUT2D eigenvalue weighted by Gasteiger charge is -2.37. The van der Waals surface area contributed by atoms with Crippen LogP contribution < -0.4 is 5.73 Å². The van der Waals surface area contributed by atoms with Crippen LogP contribution in [-0.4, -0.2) is 21.1 Å². The first-order valence-electron chi connectivity index (χ1n) is 5.86. The molecular formula is C12H19N3O. The number of nitrogens with two attached hydrogens (primary N) is 1. The van der Waals surface area contributed by atoms with Gasteiger partial charge >= 0.3 is 0 Å². The highest BCUT2D eigenvalue weighted by Gasteiger charge is 2.34. The normalized spacial score (nSPS) is 18.1. The van der Waals surface area contributed by atoms with Crippen LogP contribution in [0, 0.1) is 0 Å². The van der Waals surface area contributed by atoms with Crippen LogP contribution in [0.1, 0.15) is 37.7 Å². The second-order valence-electron chi connectivity index (χ2n) is 4.95. The quantitative estimate of drug-likeness (QED) is 0.812. The predicted octanol–water partition coefficient (Wildman–Crippen LogP) is 1.19. The summed E-state index contributed by atoms with van der Waals surface area (Å²) in [6.07, 6.45) is 8.87. The van der Waals surface area contributed by atoms with Gasteiger partial charge in [0.2, 0.25) is 0 Å². The summed E-state index contributed by atoms with van der Waals surface area (Å²) >= 11 is 0. The number of ketones is 1. The van der Waals surface area contributed by atoms with Crippen LogP contribution in [0.3, 0.4) is 0 Å². The minimum absolute atomic E-state index is 0.175. The molecule has 0 amide bonds. The van der Waals surface area contributed by atoms with Gasteiger partial charge in [0.15, 0.2) is 0 Å². The van der Waals surface area contributed by atoms with Gasteiger partial charge in [-0.3, -0.25) is 9.48 Å². The molecule has 0 saturated heterocycles. The Bertz CT molecular complexity index is 379. The van der Waals surface area contributed by atoms with Crippen LogP contribution >= 0.6 is 0 Å². The molecule has 0 unspecified atom stereocenters. The van der Waals surface area contributed by atoms with Crippen molar-refractivity contribution in [3.8, 4) is 0 Å². The van der Waals surface area contributed by atoms with E-state index in [1.54, 1.807) is 4.68 Å². The maximum Gasteiger partial charge on any atom is 0.135 e. The van der Waals surface area contributed by atoms with Crippen molar-refractivity contribution >= 4 is 5.78 Å². The van der Waals surface area contributed by atoms with Crippen LogP contribution in [0.15, 0.2) is 12.4 Å². The highest BCUT2D eigenvalue weighted by molar-refractivity contribution is 5.80. The van der Waals surface area contributed by atoms with Gasteiger partial charge in [-0.25, -0.2) is 0 Å². The van der Waals surface area contributed by atoms with Gasteiger partial charge in [0, 0.05) is 31.6 Å². The Morgan fingerprint density at radius 3 is 2.88 bits per heavy atom. The summed E-state index contributed by atoms with van der Waals surface area (Å²) in [5.41, 5.74) is 6.99. The van der Waals surface area contributed by atoms with Gasteiger partial charge in [-0.15, -0.1) is 0 Å². The fourth-order valence-electron chi connectivity index (χ4n) is 2.17. The zero-order valence-electron chi connectivity index (χ0n) is 9.78. The average molecular weight is 221 g/mol. The van der Waals surface area contributed by atoms with E-state index in [2.05, 4.69) is 5.10 Å². The molecule has 1 saturated carbocycles. The van der Waals surface area contributed by atoms with E-state index in [0.717, 1.165) is 24.8 Å². The fourth-order valence-corrected chi connectivity index (χ4v) is 2.17. The lowest BCUT2D eigenvalue weighted by atomic mass is 9.74. The minimum atomic E-state index is -0.175. The van der Waals surface area contributed by atoms with Crippen LogP contribution in [0.25, 0.3) is 0 Å². The third-order valence-electron chi connectivity index (χ3n) is 3.35. The largest absolute Gasteiger partial charge is 0.325 e. The van der Waals surface area contributed by atoms with Crippen molar-refractivity contribution in [2.75, 3.05) is 0 Å². The first-order chi connectivity index (χ1) is 7.57. The summed E-state index contributed by atoms with van der Waals surface area (Å²) in [7, 11) is 1.88. The molecule has 2 rings (SSSR count). The number of hydrogen-bond acceptors (Lipinski definition) is 3. The van der Waals surface area contributed by atoms with Gasteiger partial charge in [-0.1, -0.05) is 0 Å². The molecule has 1 aliphatic rings. The van der Waals surface area contributed by atoms with Crippen molar-refractivity contribution in [3.63, 3.8) is 0 Å². The molecule has 0 aliphatic heterocycles. The van der Waals surface area contributed by atoms with Crippen molar-refractivity contribution in [2.45, 2.75) is 44.1 Å². The summed E-state index contributed by atoms with van der Waals surface area (Å²) in [6.45, 7) is 0. The molecule has 1 aromatic heterocycles. The number of carbonyl (C=O) groups excluding carboxylic acids is 1. The van der Waals surface area contributed by atoms with Crippen molar-refractivity contribution in [2.24, 2.45) is 12.8 Å². The second-order valence-corrected chi connectivity index (χ2v) is 4.95. The topological polar surface area (TPSA) is 60.9 Å². The van der Waals surface area contributed by atoms with Crippen molar-refractivity contribution in [1.29, 1.82) is 0 Å². The smallest absolute Gasteiger partial charge is 0.135 e. The fraction of sp³-hybridized carbons (Fsp3) is 0.667. The number of aryl methyl sites for hydroxylation is 2. The zero-order valence-corrected chi connectivity index (χ0v) is 9.78. The van der Waals surface area contributed by atoms with Gasteiger partial charge in [-0.2, -0.15) is 5.10 Å². The Morgan fingerprint density at radius 2 is 2.38 bits per heavy atom. The summed E-state index contributed by atoms with van der Waals surface area (Å²) in [4.78, 5) is 11.7. The maximum atomic E-state index is 11.7. The third kappa shape index (κ3) is 2.70. The Hall–Kier alpha value is -1.16. The van der Waals surface area contributed by atoms with Gasteiger partial charge < -0.3 is 5.73 Å². The highest BCUT2D eigenvalue weighted by Crippen LogP contribution is 2.32. The number of aromatic nitrogens is 2. The zero-order chi connectivity index (χ0) is 11.6. The molecule has 4 heteroatoms. The second kappa shape index (κ2) is 4.37. The summed E-state index contributed by atoms with van der Waals surface area (Å²) < 4.78 is 1.76. The molecule has 1 heterocycles. The number of Topliss-reactive ketones (excluding diaryl/α,β-unsaturated/α-hetero) is 1. The van der Waals surface area contributed by atoms with E-state index in [9.17, 15) is 4.79 Å². The average Bonchev–Trinajstić information content (AvgIpc) is 2.59. The molecule has 0 aromatic carbocycles. The van der Waals surface area contributed by atoms with E-state index < -0.39 is 0 Å². The number of carbonyl (C=O) groups is 1. The Morgan fingerprint density at radius 1 is 1.62 bits per heavy atom. The summed E-state index contributed by atoms with van der Waals surface area (Å²) in [5, 5.41) is 4.08. The Kier molecular flexibility index (Phi) is 3.10. The van der Waals surface area contributed by atoms with E-state index in [-0.39, 0.29) is 11.3 Å². The molecule has 0 bridgehead atoms. The van der Waals surface area contributed by atoms with Crippen LogP contribution in [0.4, 0.5) is 0 Å². The predicted molar refractivity (Wildman–Crippen MR) is 61.9 cm³/mol. The molecule has 4 nitrogen and oxygen atoms in total. The molecular weight excluding hydrogens is 202 g/mol. The van der Waals surface area contributed by atoms with Gasteiger partial charge in [0.05, 0.1) is 6.20 Å². The highest BCUT2D eigenvalue weighted by atomic mass is 16.1. The molecule has 1 aliphatic carbocycles. The first-order valence-corrected chi connectivity index (χ1v) is 5.86. The number of hydrogen-bond donors (Lipinski definition) is 1. The lowest BCUT2D eigenvalue weighted by molar-refractivity contribution is -0.120. The Balaban J connectivity index is 1.75. The molecule has 2 N–H and O–H groups in total. The van der Waals surface area contributed by atoms with Gasteiger partial charge in [0.25, 0.3) is 0 Å². The monoisotopic (exact) mass is 221 g/mol. The van der Waals surface area contributed by atoms with E-state index in [0.29, 0.717) is 12.8 Å². The van der Waals surface area contributed by atoms with Crippen LogP contribution in [0.5, 0.6) is 0 Å². The standard InChI is InChI=1S/C12H19N3O/c1-15-9-10(8-14-15)3-4-11(16)7-12(13)5-2-6-12/h8-9H,2-7,13H2,1H3. The van der Waals surface area contributed by atoms with E-state index in [1.165, 1.54) is 6.42 Å². The molecule has 88 valence electrons. The molecule has 0 radical (unpaired) electrons. The molecule has 1 fully saturated rings. The van der Waals surface area contributed by atoms with Crippen molar-refractivity contribution in [3.05, 3.63) is 18.0 Å². The van der Waals surface area contributed by atoms with Crippen LogP contribution in [0.2, 0.25) is 0 Å². The summed E-state index contributed by atoms with van der Waals surface area (Å²) in [5.74, 6) is 0.283. The van der Waals surface area contributed by atoms with Crippen LogP contribution in [-0.2, 0) is 18.3 Å². The van der Waals surface area contributed by atoms with Gasteiger partial charge in [0.1, 0.15) is 5.78 Å². The lowest BCUT2D eigenvalue weighted by Crippen LogP contribution is -2.48.